The van der Waals surface area contributed by atoms with Crippen LogP contribution >= 0.6 is 0 Å². The zero-order valence-corrected chi connectivity index (χ0v) is 10.4. The lowest BCUT2D eigenvalue weighted by Crippen LogP contribution is -2.34. The molecule has 90 valence electrons. The van der Waals surface area contributed by atoms with Gasteiger partial charge in [0.15, 0.2) is 0 Å². The molecule has 0 aliphatic carbocycles. The molecule has 1 atom stereocenters. The highest BCUT2D eigenvalue weighted by molar-refractivity contribution is 5.30. The molecule has 0 bridgehead atoms. The molecule has 1 aromatic rings. The maximum atomic E-state index is 9.80. The zero-order chi connectivity index (χ0) is 12.3. The van der Waals surface area contributed by atoms with Gasteiger partial charge in [-0.2, -0.15) is 0 Å². The molecule has 0 aliphatic rings. The van der Waals surface area contributed by atoms with E-state index in [1.807, 2.05) is 38.1 Å². The van der Waals surface area contributed by atoms with Crippen LogP contribution in [-0.2, 0) is 0 Å². The minimum Gasteiger partial charge on any atom is -0.491 e. The predicted octanol–water partition coefficient (Wildman–Crippen LogP) is 2.24. The number of ether oxygens (including phenoxy) is 1. The standard InChI is InChI=1S/C13H21NO2/c1-9(2)16-11-7-5-10(6-8-11)12(14)13(3,4)15/h5-9,12,15H,14H2,1-4H3. The Bertz CT molecular complexity index is 325. The number of hydrogen-bond donors (Lipinski definition) is 2. The highest BCUT2D eigenvalue weighted by atomic mass is 16.5. The van der Waals surface area contributed by atoms with Gasteiger partial charge in [-0.15, -0.1) is 0 Å². The molecule has 0 saturated heterocycles. The van der Waals surface area contributed by atoms with Gasteiger partial charge in [0.05, 0.1) is 17.7 Å². The smallest absolute Gasteiger partial charge is 0.119 e. The van der Waals surface area contributed by atoms with Gasteiger partial charge in [0.2, 0.25) is 0 Å². The van der Waals surface area contributed by atoms with E-state index in [1.165, 1.54) is 0 Å². The second-order valence-electron chi connectivity index (χ2n) is 4.87. The largest absolute Gasteiger partial charge is 0.491 e. The van der Waals surface area contributed by atoms with Gasteiger partial charge in [-0.25, -0.2) is 0 Å². The van der Waals surface area contributed by atoms with Gasteiger partial charge in [0.1, 0.15) is 5.75 Å². The Labute approximate surface area is 97.2 Å². The fourth-order valence-corrected chi connectivity index (χ4v) is 1.43. The SMILES string of the molecule is CC(C)Oc1ccc(C(N)C(C)(C)O)cc1. The lowest BCUT2D eigenvalue weighted by atomic mass is 9.93. The lowest BCUT2D eigenvalue weighted by Gasteiger charge is -2.26. The summed E-state index contributed by atoms with van der Waals surface area (Å²) in [6.07, 6.45) is 0.161. The van der Waals surface area contributed by atoms with Crippen molar-refractivity contribution in [1.29, 1.82) is 0 Å². The van der Waals surface area contributed by atoms with Crippen molar-refractivity contribution in [2.75, 3.05) is 0 Å². The van der Waals surface area contributed by atoms with Crippen molar-refractivity contribution in [2.24, 2.45) is 5.73 Å². The summed E-state index contributed by atoms with van der Waals surface area (Å²) in [5.41, 5.74) is 5.92. The van der Waals surface area contributed by atoms with Crippen LogP contribution in [0, 0.1) is 0 Å². The molecule has 0 heterocycles. The van der Waals surface area contributed by atoms with Gasteiger partial charge < -0.3 is 15.6 Å². The predicted molar refractivity (Wildman–Crippen MR) is 65.4 cm³/mol. The quantitative estimate of drug-likeness (QED) is 0.823. The second-order valence-corrected chi connectivity index (χ2v) is 4.87. The summed E-state index contributed by atoms with van der Waals surface area (Å²) in [5.74, 6) is 0.821. The van der Waals surface area contributed by atoms with Crippen LogP contribution in [0.15, 0.2) is 24.3 Å². The van der Waals surface area contributed by atoms with E-state index in [0.29, 0.717) is 0 Å². The summed E-state index contributed by atoms with van der Waals surface area (Å²) in [5, 5.41) is 9.80. The molecule has 1 aromatic carbocycles. The maximum Gasteiger partial charge on any atom is 0.119 e. The van der Waals surface area contributed by atoms with E-state index in [0.717, 1.165) is 11.3 Å². The van der Waals surface area contributed by atoms with Gasteiger partial charge in [-0.1, -0.05) is 12.1 Å². The average molecular weight is 223 g/mol. The van der Waals surface area contributed by atoms with Gasteiger partial charge >= 0.3 is 0 Å². The summed E-state index contributed by atoms with van der Waals surface area (Å²) in [6.45, 7) is 7.37. The molecule has 1 rings (SSSR count). The molecule has 0 amide bonds. The molecule has 0 aromatic heterocycles. The van der Waals surface area contributed by atoms with Crippen molar-refractivity contribution in [2.45, 2.75) is 45.4 Å². The third kappa shape index (κ3) is 3.51. The summed E-state index contributed by atoms with van der Waals surface area (Å²) in [7, 11) is 0. The van der Waals surface area contributed by atoms with E-state index in [4.69, 9.17) is 10.5 Å². The molecule has 16 heavy (non-hydrogen) atoms. The van der Waals surface area contributed by atoms with Crippen LogP contribution in [0.5, 0.6) is 5.75 Å². The van der Waals surface area contributed by atoms with Gasteiger partial charge in [-0.3, -0.25) is 0 Å². The number of benzene rings is 1. The van der Waals surface area contributed by atoms with E-state index >= 15 is 0 Å². The van der Waals surface area contributed by atoms with Gasteiger partial charge in [0, 0.05) is 0 Å². The molecule has 3 nitrogen and oxygen atoms in total. The monoisotopic (exact) mass is 223 g/mol. The molecule has 3 heteroatoms. The first kappa shape index (κ1) is 13.0. The van der Waals surface area contributed by atoms with Crippen LogP contribution in [0.25, 0.3) is 0 Å². The highest BCUT2D eigenvalue weighted by Crippen LogP contribution is 2.24. The molecule has 0 aliphatic heterocycles. The summed E-state index contributed by atoms with van der Waals surface area (Å²) >= 11 is 0. The molecule has 0 saturated carbocycles. The second kappa shape index (κ2) is 4.85. The van der Waals surface area contributed by atoms with Crippen LogP contribution in [0.2, 0.25) is 0 Å². The third-order valence-corrected chi connectivity index (χ3v) is 2.37. The number of hydrogen-bond acceptors (Lipinski definition) is 3. The molecule has 0 radical (unpaired) electrons. The van der Waals surface area contributed by atoms with Crippen molar-refractivity contribution in [3.8, 4) is 5.75 Å². The van der Waals surface area contributed by atoms with Crippen LogP contribution < -0.4 is 10.5 Å². The first-order valence-electron chi connectivity index (χ1n) is 5.55. The Morgan fingerprint density at radius 2 is 1.69 bits per heavy atom. The number of nitrogens with two attached hydrogens (primary N) is 1. The van der Waals surface area contributed by atoms with Crippen LogP contribution in [0.1, 0.15) is 39.3 Å². The molecular weight excluding hydrogens is 202 g/mol. The van der Waals surface area contributed by atoms with Crippen LogP contribution in [-0.4, -0.2) is 16.8 Å². The lowest BCUT2D eigenvalue weighted by molar-refractivity contribution is 0.0517. The molecular formula is C13H21NO2. The normalized spacial score (nSPS) is 13.9. The van der Waals surface area contributed by atoms with Crippen molar-refractivity contribution in [3.63, 3.8) is 0 Å². The maximum absolute atomic E-state index is 9.80. The van der Waals surface area contributed by atoms with Gasteiger partial charge in [-0.05, 0) is 45.4 Å². The number of aliphatic hydroxyl groups is 1. The Balaban J connectivity index is 2.79. The van der Waals surface area contributed by atoms with Crippen LogP contribution in [0.4, 0.5) is 0 Å². The first-order valence-corrected chi connectivity index (χ1v) is 5.55. The van der Waals surface area contributed by atoms with Crippen molar-refractivity contribution in [1.82, 2.24) is 0 Å². The fourth-order valence-electron chi connectivity index (χ4n) is 1.43. The summed E-state index contributed by atoms with van der Waals surface area (Å²) < 4.78 is 5.53. The minimum absolute atomic E-state index is 0.161. The Kier molecular flexibility index (Phi) is 3.94. The minimum atomic E-state index is -0.916. The Hall–Kier alpha value is -1.06. The van der Waals surface area contributed by atoms with E-state index in [-0.39, 0.29) is 12.1 Å². The highest BCUT2D eigenvalue weighted by Gasteiger charge is 2.24. The van der Waals surface area contributed by atoms with Crippen molar-refractivity contribution < 1.29 is 9.84 Å². The number of rotatable bonds is 4. The summed E-state index contributed by atoms with van der Waals surface area (Å²) in [4.78, 5) is 0. The van der Waals surface area contributed by atoms with Gasteiger partial charge in [0.25, 0.3) is 0 Å². The third-order valence-electron chi connectivity index (χ3n) is 2.37. The zero-order valence-electron chi connectivity index (χ0n) is 10.4. The topological polar surface area (TPSA) is 55.5 Å². The molecule has 0 fully saturated rings. The molecule has 0 spiro atoms. The van der Waals surface area contributed by atoms with E-state index < -0.39 is 5.60 Å². The summed E-state index contributed by atoms with van der Waals surface area (Å²) in [6, 6.07) is 7.14. The van der Waals surface area contributed by atoms with E-state index in [1.54, 1.807) is 13.8 Å². The fraction of sp³-hybridized carbons (Fsp3) is 0.538. The molecule has 1 unspecified atom stereocenters. The van der Waals surface area contributed by atoms with Crippen LogP contribution in [0.3, 0.4) is 0 Å². The van der Waals surface area contributed by atoms with Crippen molar-refractivity contribution >= 4 is 0 Å². The van der Waals surface area contributed by atoms with E-state index in [9.17, 15) is 5.11 Å². The average Bonchev–Trinajstić information content (AvgIpc) is 2.15. The van der Waals surface area contributed by atoms with Crippen molar-refractivity contribution in [3.05, 3.63) is 29.8 Å². The first-order chi connectivity index (χ1) is 7.30. The Morgan fingerprint density at radius 3 is 2.06 bits per heavy atom. The molecule has 3 N–H and O–H groups in total. The van der Waals surface area contributed by atoms with E-state index in [2.05, 4.69) is 0 Å². The Morgan fingerprint density at radius 1 is 1.19 bits per heavy atom.